The summed E-state index contributed by atoms with van der Waals surface area (Å²) in [5.74, 6) is 2.09. The third-order valence-corrected chi connectivity index (χ3v) is 10.0. The summed E-state index contributed by atoms with van der Waals surface area (Å²) in [6.45, 7) is 10.1. The summed E-state index contributed by atoms with van der Waals surface area (Å²) in [6.07, 6.45) is 10.5. The largest absolute Gasteiger partial charge is 0.388 e. The van der Waals surface area contributed by atoms with Gasteiger partial charge in [-0.2, -0.15) is 0 Å². The normalized spacial score (nSPS) is 60.1. The first-order valence-corrected chi connectivity index (χ1v) is 10.7. The van der Waals surface area contributed by atoms with Gasteiger partial charge >= 0.3 is 0 Å². The van der Waals surface area contributed by atoms with Crippen molar-refractivity contribution in [3.05, 3.63) is 12.2 Å². The van der Waals surface area contributed by atoms with Gasteiger partial charge in [0.05, 0.1) is 12.7 Å². The number of fused-ring (bicyclic) bond motifs is 3. The van der Waals surface area contributed by atoms with Gasteiger partial charge in [0.25, 0.3) is 0 Å². The molecule has 25 heavy (non-hydrogen) atoms. The molecule has 0 aromatic rings. The molecule has 1 spiro atoms. The molecule has 4 bridgehead atoms. The highest BCUT2D eigenvalue weighted by molar-refractivity contribution is 5.28. The predicted molar refractivity (Wildman–Crippen MR) is 96.8 cm³/mol. The second-order valence-corrected chi connectivity index (χ2v) is 10.6. The Morgan fingerprint density at radius 2 is 2.00 bits per heavy atom. The fourth-order valence-corrected chi connectivity index (χ4v) is 9.34. The Bertz CT molecular complexity index is 634. The summed E-state index contributed by atoms with van der Waals surface area (Å²) in [4.78, 5) is 2.69. The van der Waals surface area contributed by atoms with Crippen molar-refractivity contribution in [2.75, 3.05) is 19.7 Å². The van der Waals surface area contributed by atoms with Gasteiger partial charge in [-0.25, -0.2) is 0 Å². The van der Waals surface area contributed by atoms with Crippen LogP contribution in [-0.4, -0.2) is 42.0 Å². The van der Waals surface area contributed by atoms with Crippen LogP contribution in [0.5, 0.6) is 0 Å². The topological polar surface area (TPSA) is 32.7 Å². The molecule has 3 nitrogen and oxygen atoms in total. The zero-order chi connectivity index (χ0) is 17.0. The van der Waals surface area contributed by atoms with Crippen LogP contribution in [0.2, 0.25) is 0 Å². The molecule has 2 aliphatic heterocycles. The van der Waals surface area contributed by atoms with Gasteiger partial charge in [0.2, 0.25) is 0 Å². The quantitative estimate of drug-likeness (QED) is 0.683. The molecule has 6 aliphatic rings. The van der Waals surface area contributed by atoms with Gasteiger partial charge in [-0.15, -0.1) is 0 Å². The van der Waals surface area contributed by atoms with Crippen LogP contribution < -0.4 is 0 Å². The summed E-state index contributed by atoms with van der Waals surface area (Å²) < 4.78 is 6.29. The minimum absolute atomic E-state index is 0.155. The molecule has 0 aromatic heterocycles. The number of rotatable bonds is 0. The first-order chi connectivity index (χ1) is 12.0. The van der Waals surface area contributed by atoms with Gasteiger partial charge in [-0.05, 0) is 73.7 Å². The third-order valence-electron chi connectivity index (χ3n) is 10.0. The van der Waals surface area contributed by atoms with Crippen molar-refractivity contribution >= 4 is 0 Å². The van der Waals surface area contributed by atoms with E-state index < -0.39 is 0 Å². The fourth-order valence-electron chi connectivity index (χ4n) is 9.34. The maximum atomic E-state index is 11.3. The molecule has 0 radical (unpaired) electrons. The highest BCUT2D eigenvalue weighted by Crippen LogP contribution is 2.74. The van der Waals surface area contributed by atoms with Crippen LogP contribution >= 0.6 is 0 Å². The highest BCUT2D eigenvalue weighted by Gasteiger charge is 2.71. The third kappa shape index (κ3) is 1.62. The van der Waals surface area contributed by atoms with Crippen LogP contribution in [0.15, 0.2) is 12.2 Å². The monoisotopic (exact) mass is 343 g/mol. The fraction of sp³-hybridized carbons (Fsp3) is 0.909. The van der Waals surface area contributed by atoms with Crippen molar-refractivity contribution in [2.45, 2.75) is 70.6 Å². The maximum Gasteiger partial charge on any atom is 0.116 e. The Kier molecular flexibility index (Phi) is 2.95. The van der Waals surface area contributed by atoms with E-state index in [9.17, 15) is 5.11 Å². The van der Waals surface area contributed by atoms with E-state index in [4.69, 9.17) is 4.74 Å². The standard InChI is InChI=1S/C22H33NO2/c1-14-15-4-5-17-21(12-15,18(14)24)9-6-16-20(2)7-3-8-22(16,17)13-23-10-11-25-19(20)23/h15-19,24H,1,3-13H2,2H3/t15-,16+,17+,18-,19+,20+,21+,22-/m0/s1. The van der Waals surface area contributed by atoms with E-state index in [1.54, 1.807) is 0 Å². The molecule has 2 heterocycles. The van der Waals surface area contributed by atoms with Gasteiger partial charge in [-0.1, -0.05) is 19.9 Å². The molecule has 0 unspecified atom stereocenters. The van der Waals surface area contributed by atoms with Crippen LogP contribution in [0.3, 0.4) is 0 Å². The molecule has 138 valence electrons. The zero-order valence-corrected chi connectivity index (χ0v) is 15.7. The molecule has 3 heteroatoms. The van der Waals surface area contributed by atoms with Gasteiger partial charge < -0.3 is 9.84 Å². The molecule has 4 aliphatic carbocycles. The van der Waals surface area contributed by atoms with Gasteiger partial charge in [0, 0.05) is 23.9 Å². The Hall–Kier alpha value is -0.380. The van der Waals surface area contributed by atoms with Crippen LogP contribution in [0.25, 0.3) is 0 Å². The van der Waals surface area contributed by atoms with Gasteiger partial charge in [0.15, 0.2) is 0 Å². The van der Waals surface area contributed by atoms with Crippen LogP contribution in [0.1, 0.15) is 58.3 Å². The first kappa shape index (κ1) is 15.7. The number of hydrogen-bond acceptors (Lipinski definition) is 3. The summed E-state index contributed by atoms with van der Waals surface area (Å²) in [7, 11) is 0. The average molecular weight is 344 g/mol. The zero-order valence-electron chi connectivity index (χ0n) is 15.7. The number of aliphatic hydroxyl groups is 1. The molecule has 0 amide bonds. The number of aliphatic hydroxyl groups excluding tert-OH is 1. The molecule has 0 aromatic carbocycles. The van der Waals surface area contributed by atoms with Crippen molar-refractivity contribution in [3.63, 3.8) is 0 Å². The van der Waals surface area contributed by atoms with Crippen molar-refractivity contribution < 1.29 is 9.84 Å². The summed E-state index contributed by atoms with van der Waals surface area (Å²) >= 11 is 0. The lowest BCUT2D eigenvalue weighted by Crippen LogP contribution is -2.70. The summed E-state index contributed by atoms with van der Waals surface area (Å²) in [5, 5.41) is 11.3. The molecule has 6 fully saturated rings. The highest BCUT2D eigenvalue weighted by atomic mass is 16.5. The number of piperidine rings is 1. The molecule has 6 rings (SSSR count). The van der Waals surface area contributed by atoms with Crippen molar-refractivity contribution in [2.24, 2.45) is 34.0 Å². The van der Waals surface area contributed by atoms with E-state index in [-0.39, 0.29) is 11.5 Å². The number of nitrogens with zero attached hydrogens (tertiary/aromatic N) is 1. The van der Waals surface area contributed by atoms with Gasteiger partial charge in [-0.3, -0.25) is 4.90 Å². The van der Waals surface area contributed by atoms with E-state index in [0.29, 0.717) is 28.9 Å². The van der Waals surface area contributed by atoms with E-state index in [1.165, 1.54) is 63.5 Å². The van der Waals surface area contributed by atoms with Crippen LogP contribution in [0.4, 0.5) is 0 Å². The lowest BCUT2D eigenvalue weighted by atomic mass is 9.38. The van der Waals surface area contributed by atoms with E-state index in [1.807, 2.05) is 0 Å². The molecular weight excluding hydrogens is 310 g/mol. The second-order valence-electron chi connectivity index (χ2n) is 10.6. The van der Waals surface area contributed by atoms with E-state index in [2.05, 4.69) is 18.4 Å². The molecule has 8 atom stereocenters. The van der Waals surface area contributed by atoms with Crippen molar-refractivity contribution in [3.8, 4) is 0 Å². The lowest BCUT2D eigenvalue weighted by Gasteiger charge is -2.70. The smallest absolute Gasteiger partial charge is 0.116 e. The molecular formula is C22H33NO2. The lowest BCUT2D eigenvalue weighted by molar-refractivity contribution is -0.259. The van der Waals surface area contributed by atoms with Crippen LogP contribution in [0, 0.1) is 34.0 Å². The summed E-state index contributed by atoms with van der Waals surface area (Å²) in [6, 6.07) is 0. The predicted octanol–water partition coefficient (Wildman–Crippen LogP) is 3.58. The molecule has 2 saturated heterocycles. The number of hydrogen-bond donors (Lipinski definition) is 1. The Balaban J connectivity index is 1.49. The molecule has 4 saturated carbocycles. The van der Waals surface area contributed by atoms with Gasteiger partial charge in [0.1, 0.15) is 6.23 Å². The van der Waals surface area contributed by atoms with E-state index >= 15 is 0 Å². The first-order valence-electron chi connectivity index (χ1n) is 10.7. The minimum Gasteiger partial charge on any atom is -0.388 e. The number of ether oxygens (including phenoxy) is 1. The van der Waals surface area contributed by atoms with Crippen molar-refractivity contribution in [1.29, 1.82) is 0 Å². The van der Waals surface area contributed by atoms with Crippen molar-refractivity contribution in [1.82, 2.24) is 4.90 Å². The Morgan fingerprint density at radius 3 is 2.88 bits per heavy atom. The molecule has 1 N–H and O–H groups in total. The Labute approximate surface area is 151 Å². The minimum atomic E-state index is -0.235. The van der Waals surface area contributed by atoms with Crippen LogP contribution in [-0.2, 0) is 4.74 Å². The average Bonchev–Trinajstić information content (AvgIpc) is 3.13. The summed E-state index contributed by atoms with van der Waals surface area (Å²) in [5.41, 5.74) is 2.08. The SMILES string of the molecule is C=C1[C@H]2CC[C@H]3[C@]45CCC[C@](C)([C@H]4CC[C@]3(C2)[C@H]1O)[C@H]1OCCN1C5. The van der Waals surface area contributed by atoms with E-state index in [0.717, 1.165) is 19.1 Å². The maximum absolute atomic E-state index is 11.3. The Morgan fingerprint density at radius 1 is 1.12 bits per heavy atom. The second kappa shape index (κ2) is 4.72.